The second-order valence-electron chi connectivity index (χ2n) is 4.58. The third kappa shape index (κ3) is 2.34. The zero-order valence-electron chi connectivity index (χ0n) is 9.99. The molecule has 0 spiro atoms. The van der Waals surface area contributed by atoms with Crippen molar-refractivity contribution in [2.75, 3.05) is 5.32 Å². The van der Waals surface area contributed by atoms with E-state index in [0.29, 0.717) is 22.2 Å². The Bertz CT molecular complexity index is 640. The summed E-state index contributed by atoms with van der Waals surface area (Å²) in [6.45, 7) is 0. The fraction of sp³-hybridized carbons (Fsp3) is 0.133. The van der Waals surface area contributed by atoms with E-state index in [0.717, 1.165) is 11.1 Å². The third-order valence-corrected chi connectivity index (χ3v) is 3.82. The van der Waals surface area contributed by atoms with Crippen LogP contribution in [0.15, 0.2) is 42.5 Å². The maximum absolute atomic E-state index is 12.1. The molecule has 1 atom stereocenters. The lowest BCUT2D eigenvalue weighted by atomic mass is 9.93. The first-order valence-electron chi connectivity index (χ1n) is 5.99. The Morgan fingerprint density at radius 3 is 2.58 bits per heavy atom. The van der Waals surface area contributed by atoms with Crippen LogP contribution < -0.4 is 5.32 Å². The van der Waals surface area contributed by atoms with Gasteiger partial charge in [-0.05, 0) is 29.7 Å². The van der Waals surface area contributed by atoms with E-state index in [4.69, 9.17) is 23.2 Å². The van der Waals surface area contributed by atoms with Crippen LogP contribution in [0.5, 0.6) is 0 Å². The van der Waals surface area contributed by atoms with E-state index in [-0.39, 0.29) is 11.8 Å². The highest BCUT2D eigenvalue weighted by Crippen LogP contribution is 2.41. The second kappa shape index (κ2) is 4.87. The predicted octanol–water partition coefficient (Wildman–Crippen LogP) is 4.27. The van der Waals surface area contributed by atoms with Crippen molar-refractivity contribution in [1.82, 2.24) is 0 Å². The Labute approximate surface area is 121 Å². The first-order chi connectivity index (χ1) is 9.15. The van der Waals surface area contributed by atoms with E-state index in [2.05, 4.69) is 5.32 Å². The van der Waals surface area contributed by atoms with E-state index >= 15 is 0 Å². The van der Waals surface area contributed by atoms with Crippen LogP contribution in [0.2, 0.25) is 10.0 Å². The number of rotatable bonds is 2. The first kappa shape index (κ1) is 12.5. The minimum atomic E-state index is -0.228. The average Bonchev–Trinajstić information content (AvgIpc) is 2.69. The van der Waals surface area contributed by atoms with Gasteiger partial charge in [0, 0.05) is 5.02 Å². The fourth-order valence-electron chi connectivity index (χ4n) is 2.40. The van der Waals surface area contributed by atoms with Crippen LogP contribution in [-0.2, 0) is 11.2 Å². The van der Waals surface area contributed by atoms with Crippen LogP contribution in [0.4, 0.5) is 5.69 Å². The number of carbonyl (C=O) groups is 1. The number of fused-ring (bicyclic) bond motifs is 1. The molecule has 0 saturated heterocycles. The lowest BCUT2D eigenvalue weighted by Gasteiger charge is -2.09. The van der Waals surface area contributed by atoms with Crippen molar-refractivity contribution in [3.05, 3.63) is 63.6 Å². The summed E-state index contributed by atoms with van der Waals surface area (Å²) in [6, 6.07) is 13.4. The molecule has 1 amide bonds. The molecule has 1 aliphatic rings. The minimum absolute atomic E-state index is 0.0250. The molecule has 1 heterocycles. The number of halogens is 2. The molecule has 1 unspecified atom stereocenters. The Balaban J connectivity index is 1.99. The molecule has 4 heteroatoms. The van der Waals surface area contributed by atoms with Gasteiger partial charge in [0.15, 0.2) is 0 Å². The Hall–Kier alpha value is -1.51. The van der Waals surface area contributed by atoms with Crippen LogP contribution in [0.25, 0.3) is 0 Å². The number of hydrogen-bond donors (Lipinski definition) is 1. The summed E-state index contributed by atoms with van der Waals surface area (Å²) in [6.07, 6.45) is 0.649. The zero-order valence-corrected chi connectivity index (χ0v) is 11.5. The Morgan fingerprint density at radius 2 is 1.84 bits per heavy atom. The van der Waals surface area contributed by atoms with Crippen molar-refractivity contribution in [2.45, 2.75) is 12.3 Å². The van der Waals surface area contributed by atoms with E-state index in [9.17, 15) is 4.79 Å². The molecule has 0 saturated carbocycles. The van der Waals surface area contributed by atoms with Crippen molar-refractivity contribution < 1.29 is 4.79 Å². The zero-order chi connectivity index (χ0) is 13.4. The van der Waals surface area contributed by atoms with E-state index in [1.54, 1.807) is 6.07 Å². The van der Waals surface area contributed by atoms with Gasteiger partial charge in [-0.1, -0.05) is 53.5 Å². The lowest BCUT2D eigenvalue weighted by molar-refractivity contribution is -0.117. The van der Waals surface area contributed by atoms with Crippen LogP contribution in [0.1, 0.15) is 17.0 Å². The molecular weight excluding hydrogens is 281 g/mol. The van der Waals surface area contributed by atoms with Gasteiger partial charge in [0.1, 0.15) is 0 Å². The maximum atomic E-state index is 12.1. The van der Waals surface area contributed by atoms with Crippen molar-refractivity contribution in [1.29, 1.82) is 0 Å². The fourth-order valence-corrected chi connectivity index (χ4v) is 2.96. The largest absolute Gasteiger partial charge is 0.324 e. The number of carbonyl (C=O) groups excluding carboxylic acids is 1. The van der Waals surface area contributed by atoms with Gasteiger partial charge >= 0.3 is 0 Å². The van der Waals surface area contributed by atoms with Gasteiger partial charge in [-0.2, -0.15) is 0 Å². The van der Waals surface area contributed by atoms with Crippen molar-refractivity contribution >= 4 is 34.8 Å². The highest BCUT2D eigenvalue weighted by molar-refractivity contribution is 6.37. The summed E-state index contributed by atoms with van der Waals surface area (Å²) in [5.41, 5.74) is 2.69. The summed E-state index contributed by atoms with van der Waals surface area (Å²) in [7, 11) is 0. The van der Waals surface area contributed by atoms with Gasteiger partial charge in [0.25, 0.3) is 0 Å². The number of amides is 1. The van der Waals surface area contributed by atoms with Gasteiger partial charge in [-0.15, -0.1) is 0 Å². The Morgan fingerprint density at radius 1 is 1.11 bits per heavy atom. The molecule has 2 nitrogen and oxygen atoms in total. The summed E-state index contributed by atoms with van der Waals surface area (Å²) >= 11 is 12.1. The molecule has 0 aromatic heterocycles. The molecule has 2 aromatic rings. The predicted molar refractivity (Wildman–Crippen MR) is 78.0 cm³/mol. The number of benzene rings is 2. The van der Waals surface area contributed by atoms with Crippen LogP contribution in [0.3, 0.4) is 0 Å². The first-order valence-corrected chi connectivity index (χ1v) is 6.74. The summed E-state index contributed by atoms with van der Waals surface area (Å²) < 4.78 is 0. The molecule has 1 aliphatic heterocycles. The molecule has 0 fully saturated rings. The lowest BCUT2D eigenvalue weighted by Crippen LogP contribution is -2.14. The number of nitrogens with one attached hydrogen (secondary N) is 1. The SMILES string of the molecule is O=C1Nc2c(Cl)cc(Cl)cc2C1Cc1ccccc1. The van der Waals surface area contributed by atoms with Gasteiger partial charge in [-0.25, -0.2) is 0 Å². The van der Waals surface area contributed by atoms with Gasteiger partial charge in [0.2, 0.25) is 5.91 Å². The van der Waals surface area contributed by atoms with Crippen LogP contribution in [-0.4, -0.2) is 5.91 Å². The van der Waals surface area contributed by atoms with Gasteiger partial charge < -0.3 is 5.32 Å². The normalized spacial score (nSPS) is 17.2. The van der Waals surface area contributed by atoms with Crippen LogP contribution in [0, 0.1) is 0 Å². The summed E-state index contributed by atoms with van der Waals surface area (Å²) in [5.74, 6) is -0.253. The van der Waals surface area contributed by atoms with Crippen molar-refractivity contribution in [3.8, 4) is 0 Å². The quantitative estimate of drug-likeness (QED) is 0.879. The van der Waals surface area contributed by atoms with Crippen molar-refractivity contribution in [2.24, 2.45) is 0 Å². The van der Waals surface area contributed by atoms with Crippen LogP contribution >= 0.6 is 23.2 Å². The number of anilines is 1. The highest BCUT2D eigenvalue weighted by atomic mass is 35.5. The number of hydrogen-bond acceptors (Lipinski definition) is 1. The maximum Gasteiger partial charge on any atom is 0.232 e. The molecular formula is C15H11Cl2NO. The van der Waals surface area contributed by atoms with Crippen molar-refractivity contribution in [3.63, 3.8) is 0 Å². The van der Waals surface area contributed by atoms with Gasteiger partial charge in [0.05, 0.1) is 16.6 Å². The smallest absolute Gasteiger partial charge is 0.232 e. The second-order valence-corrected chi connectivity index (χ2v) is 5.43. The molecule has 3 rings (SSSR count). The van der Waals surface area contributed by atoms with E-state index in [1.165, 1.54) is 0 Å². The summed E-state index contributed by atoms with van der Waals surface area (Å²) in [4.78, 5) is 12.1. The molecule has 2 aromatic carbocycles. The molecule has 19 heavy (non-hydrogen) atoms. The minimum Gasteiger partial charge on any atom is -0.324 e. The Kier molecular flexibility index (Phi) is 3.21. The third-order valence-electron chi connectivity index (χ3n) is 3.31. The molecule has 0 radical (unpaired) electrons. The monoisotopic (exact) mass is 291 g/mol. The molecule has 0 aliphatic carbocycles. The highest BCUT2D eigenvalue weighted by Gasteiger charge is 2.32. The average molecular weight is 292 g/mol. The standard InChI is InChI=1S/C15H11Cl2NO/c16-10-7-11-12(6-9-4-2-1-3-5-9)15(19)18-14(11)13(17)8-10/h1-5,7-8,12H,6H2,(H,18,19). The molecule has 0 bridgehead atoms. The topological polar surface area (TPSA) is 29.1 Å². The summed E-state index contributed by atoms with van der Waals surface area (Å²) in [5, 5.41) is 3.88. The van der Waals surface area contributed by atoms with E-state index < -0.39 is 0 Å². The molecule has 1 N–H and O–H groups in total. The van der Waals surface area contributed by atoms with E-state index in [1.807, 2.05) is 36.4 Å². The van der Waals surface area contributed by atoms with Gasteiger partial charge in [-0.3, -0.25) is 4.79 Å². The molecule has 96 valence electrons.